The minimum atomic E-state index is -5.39. The molecule has 0 radical (unpaired) electrons. The van der Waals surface area contributed by atoms with Gasteiger partial charge in [-0.1, -0.05) is 22.0 Å². The van der Waals surface area contributed by atoms with Crippen molar-refractivity contribution in [2.24, 2.45) is 5.92 Å². The molecular formula is C13H14BrF6N. The zero-order valence-corrected chi connectivity index (χ0v) is 13.0. The molecule has 0 heterocycles. The van der Waals surface area contributed by atoms with Crippen molar-refractivity contribution in [3.63, 3.8) is 0 Å². The molecule has 8 heteroatoms. The van der Waals surface area contributed by atoms with Gasteiger partial charge in [0.15, 0.2) is 5.92 Å². The number of aryl methyl sites for hydroxylation is 2. The first-order valence-electron chi connectivity index (χ1n) is 5.97. The standard InChI is InChI=1S/C13H14BrF6N/c1-6-5-9(14)7(2)4-8(6)10(21-3)11(12(15,16)17)13(18,19)20/h4-5,10-11,21H,1-3H3. The van der Waals surface area contributed by atoms with Crippen molar-refractivity contribution >= 4 is 15.9 Å². The fourth-order valence-electron chi connectivity index (χ4n) is 2.20. The minimum Gasteiger partial charge on any atom is -0.312 e. The van der Waals surface area contributed by atoms with Crippen LogP contribution in [0, 0.1) is 19.8 Å². The molecule has 1 unspecified atom stereocenters. The summed E-state index contributed by atoms with van der Waals surface area (Å²) in [6.07, 6.45) is -10.8. The van der Waals surface area contributed by atoms with Crippen LogP contribution in [0.5, 0.6) is 0 Å². The van der Waals surface area contributed by atoms with E-state index in [-0.39, 0.29) is 5.56 Å². The Hall–Kier alpha value is -0.760. The topological polar surface area (TPSA) is 12.0 Å². The minimum absolute atomic E-state index is 0.0159. The maximum Gasteiger partial charge on any atom is 0.402 e. The SMILES string of the molecule is CNC(c1cc(C)c(Br)cc1C)C(C(F)(F)F)C(F)(F)F. The van der Waals surface area contributed by atoms with E-state index in [1.165, 1.54) is 19.1 Å². The van der Waals surface area contributed by atoms with Gasteiger partial charge in [-0.05, 0) is 43.7 Å². The van der Waals surface area contributed by atoms with Crippen LogP contribution in [0.25, 0.3) is 0 Å². The third-order valence-corrected chi connectivity index (χ3v) is 4.09. The Morgan fingerprint density at radius 3 is 1.81 bits per heavy atom. The zero-order valence-electron chi connectivity index (χ0n) is 11.5. The predicted octanol–water partition coefficient (Wildman–Crippen LogP) is 5.07. The second-order valence-electron chi connectivity index (χ2n) is 4.79. The summed E-state index contributed by atoms with van der Waals surface area (Å²) in [4.78, 5) is 0. The number of rotatable bonds is 3. The summed E-state index contributed by atoms with van der Waals surface area (Å²) < 4.78 is 77.9. The van der Waals surface area contributed by atoms with Crippen molar-refractivity contribution in [3.8, 4) is 0 Å². The molecular weight excluding hydrogens is 364 g/mol. The van der Waals surface area contributed by atoms with Crippen LogP contribution in [-0.4, -0.2) is 19.4 Å². The van der Waals surface area contributed by atoms with Gasteiger partial charge in [0, 0.05) is 4.47 Å². The fraction of sp³-hybridized carbons (Fsp3) is 0.538. The Morgan fingerprint density at radius 1 is 0.952 bits per heavy atom. The summed E-state index contributed by atoms with van der Waals surface area (Å²) in [5, 5.41) is 2.16. The van der Waals surface area contributed by atoms with Crippen molar-refractivity contribution < 1.29 is 26.3 Å². The molecule has 0 aliphatic carbocycles. The third-order valence-electron chi connectivity index (χ3n) is 3.23. The first-order valence-corrected chi connectivity index (χ1v) is 6.76. The Bertz CT molecular complexity index is 495. The second kappa shape index (κ2) is 6.16. The highest BCUT2D eigenvalue weighted by molar-refractivity contribution is 9.10. The van der Waals surface area contributed by atoms with Crippen molar-refractivity contribution in [1.82, 2.24) is 5.32 Å². The van der Waals surface area contributed by atoms with Crippen LogP contribution in [0.4, 0.5) is 26.3 Å². The molecule has 0 amide bonds. The first kappa shape index (κ1) is 18.3. The van der Waals surface area contributed by atoms with Crippen molar-refractivity contribution in [3.05, 3.63) is 33.3 Å². The molecule has 0 bridgehead atoms. The van der Waals surface area contributed by atoms with Gasteiger partial charge in [-0.2, -0.15) is 26.3 Å². The van der Waals surface area contributed by atoms with Crippen LogP contribution in [0.2, 0.25) is 0 Å². The van der Waals surface area contributed by atoms with E-state index >= 15 is 0 Å². The number of halogens is 7. The molecule has 1 rings (SSSR count). The number of nitrogens with one attached hydrogen (secondary N) is 1. The molecule has 0 fully saturated rings. The third kappa shape index (κ3) is 4.12. The quantitative estimate of drug-likeness (QED) is 0.725. The highest BCUT2D eigenvalue weighted by Crippen LogP contribution is 2.47. The Labute approximate surface area is 126 Å². The van der Waals surface area contributed by atoms with Crippen molar-refractivity contribution in [2.45, 2.75) is 32.2 Å². The number of alkyl halides is 6. The summed E-state index contributed by atoms with van der Waals surface area (Å²) in [5.74, 6) is -3.46. The van der Waals surface area contributed by atoms with Gasteiger partial charge in [-0.15, -0.1) is 0 Å². The van der Waals surface area contributed by atoms with Crippen molar-refractivity contribution in [1.29, 1.82) is 0 Å². The highest BCUT2D eigenvalue weighted by atomic mass is 79.9. The van der Waals surface area contributed by atoms with Crippen LogP contribution in [0.15, 0.2) is 16.6 Å². The molecule has 0 saturated carbocycles. The molecule has 0 saturated heterocycles. The number of benzene rings is 1. The zero-order chi connectivity index (χ0) is 16.6. The molecule has 1 aromatic carbocycles. The van der Waals surface area contributed by atoms with E-state index in [1.54, 1.807) is 6.92 Å². The average molecular weight is 378 g/mol. The van der Waals surface area contributed by atoms with Crippen LogP contribution >= 0.6 is 15.9 Å². The lowest BCUT2D eigenvalue weighted by Crippen LogP contribution is -2.45. The van der Waals surface area contributed by atoms with Crippen LogP contribution in [-0.2, 0) is 0 Å². The van der Waals surface area contributed by atoms with E-state index in [0.29, 0.717) is 15.6 Å². The van der Waals surface area contributed by atoms with E-state index < -0.39 is 24.3 Å². The molecule has 0 aliphatic rings. The fourth-order valence-corrected chi connectivity index (χ4v) is 2.66. The molecule has 0 spiro atoms. The lowest BCUT2D eigenvalue weighted by atomic mass is 9.88. The van der Waals surface area contributed by atoms with E-state index in [9.17, 15) is 26.3 Å². The average Bonchev–Trinajstić information content (AvgIpc) is 2.27. The molecule has 0 aliphatic heterocycles. The summed E-state index contributed by atoms with van der Waals surface area (Å²) in [6.45, 7) is 3.09. The molecule has 1 N–H and O–H groups in total. The van der Waals surface area contributed by atoms with Gasteiger partial charge in [0.1, 0.15) is 0 Å². The van der Waals surface area contributed by atoms with Gasteiger partial charge in [0.25, 0.3) is 0 Å². The van der Waals surface area contributed by atoms with E-state index in [4.69, 9.17) is 0 Å². The number of hydrogen-bond donors (Lipinski definition) is 1. The van der Waals surface area contributed by atoms with E-state index in [0.717, 1.165) is 7.05 Å². The summed E-state index contributed by atoms with van der Waals surface area (Å²) in [6, 6.07) is 0.959. The Morgan fingerprint density at radius 2 is 1.43 bits per heavy atom. The van der Waals surface area contributed by atoms with Gasteiger partial charge in [0.2, 0.25) is 0 Å². The first-order chi connectivity index (χ1) is 9.39. The maximum absolute atomic E-state index is 12.9. The summed E-state index contributed by atoms with van der Waals surface area (Å²) in [7, 11) is 1.09. The van der Waals surface area contributed by atoms with Gasteiger partial charge < -0.3 is 5.32 Å². The smallest absolute Gasteiger partial charge is 0.312 e. The molecule has 21 heavy (non-hydrogen) atoms. The van der Waals surface area contributed by atoms with Gasteiger partial charge in [0.05, 0.1) is 6.04 Å². The lowest BCUT2D eigenvalue weighted by molar-refractivity contribution is -0.292. The lowest BCUT2D eigenvalue weighted by Gasteiger charge is -2.32. The molecule has 120 valence electrons. The molecule has 1 atom stereocenters. The molecule has 1 nitrogen and oxygen atoms in total. The van der Waals surface area contributed by atoms with Crippen LogP contribution in [0.3, 0.4) is 0 Å². The Balaban J connectivity index is 3.44. The Kier molecular flexibility index (Phi) is 5.36. The number of hydrogen-bond acceptors (Lipinski definition) is 1. The highest BCUT2D eigenvalue weighted by Gasteiger charge is 2.60. The summed E-state index contributed by atoms with van der Waals surface area (Å²) in [5.41, 5.74) is 0.905. The normalized spacial score (nSPS) is 14.6. The molecule has 0 aromatic heterocycles. The predicted molar refractivity (Wildman–Crippen MR) is 71.0 cm³/mol. The van der Waals surface area contributed by atoms with Gasteiger partial charge in [-0.3, -0.25) is 0 Å². The van der Waals surface area contributed by atoms with Crippen LogP contribution < -0.4 is 5.32 Å². The summed E-state index contributed by atoms with van der Waals surface area (Å²) >= 11 is 3.20. The van der Waals surface area contributed by atoms with Gasteiger partial charge >= 0.3 is 12.4 Å². The molecule has 1 aromatic rings. The maximum atomic E-state index is 12.9. The van der Waals surface area contributed by atoms with Crippen LogP contribution in [0.1, 0.15) is 22.7 Å². The van der Waals surface area contributed by atoms with E-state index in [2.05, 4.69) is 21.2 Å². The largest absolute Gasteiger partial charge is 0.402 e. The monoisotopic (exact) mass is 377 g/mol. The van der Waals surface area contributed by atoms with Crippen molar-refractivity contribution in [2.75, 3.05) is 7.05 Å². The van der Waals surface area contributed by atoms with E-state index in [1.807, 2.05) is 0 Å². The second-order valence-corrected chi connectivity index (χ2v) is 5.64. The van der Waals surface area contributed by atoms with Gasteiger partial charge in [-0.25, -0.2) is 0 Å².